The van der Waals surface area contributed by atoms with Gasteiger partial charge in [0.2, 0.25) is 0 Å². The van der Waals surface area contributed by atoms with Gasteiger partial charge in [0.15, 0.2) is 0 Å². The molecule has 92 valence electrons. The summed E-state index contributed by atoms with van der Waals surface area (Å²) < 4.78 is 5.16. The van der Waals surface area contributed by atoms with E-state index in [1.165, 1.54) is 0 Å². The molecule has 0 aliphatic heterocycles. The van der Waals surface area contributed by atoms with Crippen LogP contribution in [0.3, 0.4) is 0 Å². The van der Waals surface area contributed by atoms with E-state index in [2.05, 4.69) is 11.1 Å². The first kappa shape index (κ1) is 12.9. The molecule has 0 unspecified atom stereocenters. The molecule has 5 heteroatoms. The Kier molecular flexibility index (Phi) is 3.90. The zero-order valence-electron chi connectivity index (χ0n) is 9.70. The maximum absolute atomic E-state index is 8.60. The molecule has 2 aromatic rings. The topological polar surface area (TPSA) is 45.9 Å². The average molecular weight is 281 g/mol. The number of halogens is 2. The van der Waals surface area contributed by atoms with Crippen LogP contribution in [0.4, 0.5) is 0 Å². The van der Waals surface area contributed by atoms with E-state index in [0.717, 1.165) is 10.9 Å². The van der Waals surface area contributed by atoms with E-state index in [-0.39, 0.29) is 0 Å². The first-order valence-corrected chi connectivity index (χ1v) is 6.11. The number of rotatable bonds is 3. The number of benzene rings is 1. The van der Waals surface area contributed by atoms with Crippen LogP contribution in [0.1, 0.15) is 12.0 Å². The largest absolute Gasteiger partial charge is 0.495 e. The number of aryl methyl sites for hydroxylation is 1. The fourth-order valence-corrected chi connectivity index (χ4v) is 2.19. The van der Waals surface area contributed by atoms with Gasteiger partial charge in [-0.05, 0) is 30.2 Å². The van der Waals surface area contributed by atoms with E-state index in [4.69, 9.17) is 33.2 Å². The molecule has 0 saturated heterocycles. The fraction of sp³-hybridized carbons (Fsp3) is 0.231. The molecule has 1 aromatic carbocycles. The van der Waals surface area contributed by atoms with Crippen molar-refractivity contribution < 1.29 is 4.74 Å². The lowest BCUT2D eigenvalue weighted by atomic mass is 10.1. The lowest BCUT2D eigenvalue weighted by Crippen LogP contribution is -1.92. The van der Waals surface area contributed by atoms with Crippen LogP contribution in [0, 0.1) is 11.3 Å². The number of nitrogens with zero attached hydrogens (tertiary/aromatic N) is 2. The van der Waals surface area contributed by atoms with Gasteiger partial charge in [-0.25, -0.2) is 4.98 Å². The minimum absolute atomic E-state index is 0.414. The van der Waals surface area contributed by atoms with Gasteiger partial charge in [-0.2, -0.15) is 5.26 Å². The third kappa shape index (κ3) is 2.50. The molecule has 1 heterocycles. The van der Waals surface area contributed by atoms with Crippen molar-refractivity contribution in [2.45, 2.75) is 12.8 Å². The second-order valence-corrected chi connectivity index (χ2v) is 4.54. The maximum Gasteiger partial charge on any atom is 0.138 e. The van der Waals surface area contributed by atoms with Crippen LogP contribution in [-0.2, 0) is 6.42 Å². The standard InChI is InChI=1S/C13H10Cl2N2O/c1-18-12-6-9-5-8(3-2-4-16)13(15)17-11(9)7-10(12)14/h5-7H,2-3H2,1H3. The summed E-state index contributed by atoms with van der Waals surface area (Å²) in [5.74, 6) is 0.597. The van der Waals surface area contributed by atoms with E-state index in [1.54, 1.807) is 13.2 Å². The van der Waals surface area contributed by atoms with Gasteiger partial charge in [0.1, 0.15) is 10.9 Å². The molecule has 0 spiro atoms. The second-order valence-electron chi connectivity index (χ2n) is 3.78. The van der Waals surface area contributed by atoms with E-state index in [9.17, 15) is 0 Å². The maximum atomic E-state index is 8.60. The summed E-state index contributed by atoms with van der Waals surface area (Å²) in [6.45, 7) is 0. The quantitative estimate of drug-likeness (QED) is 0.798. The Bertz CT molecular complexity index is 635. The van der Waals surface area contributed by atoms with Crippen molar-refractivity contribution in [3.63, 3.8) is 0 Å². The van der Waals surface area contributed by atoms with E-state index in [1.807, 2.05) is 12.1 Å². The van der Waals surface area contributed by atoms with Crippen molar-refractivity contribution in [1.82, 2.24) is 4.98 Å². The van der Waals surface area contributed by atoms with Gasteiger partial charge < -0.3 is 4.74 Å². The van der Waals surface area contributed by atoms with Crippen molar-refractivity contribution in [2.75, 3.05) is 7.11 Å². The van der Waals surface area contributed by atoms with Crippen LogP contribution >= 0.6 is 23.2 Å². The van der Waals surface area contributed by atoms with Gasteiger partial charge >= 0.3 is 0 Å². The molecule has 3 nitrogen and oxygen atoms in total. The summed E-state index contributed by atoms with van der Waals surface area (Å²) in [6, 6.07) is 7.54. The Morgan fingerprint density at radius 1 is 1.33 bits per heavy atom. The van der Waals surface area contributed by atoms with E-state index < -0.39 is 0 Å². The van der Waals surface area contributed by atoms with Crippen LogP contribution < -0.4 is 4.74 Å². The van der Waals surface area contributed by atoms with Crippen molar-refractivity contribution >= 4 is 34.1 Å². The highest BCUT2D eigenvalue weighted by Gasteiger charge is 2.08. The molecular formula is C13H10Cl2N2O. The molecule has 1 aromatic heterocycles. The lowest BCUT2D eigenvalue weighted by Gasteiger charge is -2.08. The molecule has 0 aliphatic rings. The highest BCUT2D eigenvalue weighted by molar-refractivity contribution is 6.33. The summed E-state index contributed by atoms with van der Waals surface area (Å²) in [7, 11) is 1.56. The Hall–Kier alpha value is -1.50. The number of hydrogen-bond acceptors (Lipinski definition) is 3. The summed E-state index contributed by atoms with van der Waals surface area (Å²) in [5, 5.41) is 10.4. The Labute approximate surface area is 115 Å². The summed E-state index contributed by atoms with van der Waals surface area (Å²) in [6.07, 6.45) is 1.00. The summed E-state index contributed by atoms with van der Waals surface area (Å²) in [5.41, 5.74) is 1.57. The van der Waals surface area contributed by atoms with E-state index >= 15 is 0 Å². The first-order chi connectivity index (χ1) is 8.65. The van der Waals surface area contributed by atoms with Crippen LogP contribution in [0.15, 0.2) is 18.2 Å². The number of hydrogen-bond donors (Lipinski definition) is 0. The van der Waals surface area contributed by atoms with Gasteiger partial charge in [0.05, 0.1) is 23.7 Å². The number of aromatic nitrogens is 1. The molecule has 0 atom stereocenters. The number of methoxy groups -OCH3 is 1. The smallest absolute Gasteiger partial charge is 0.138 e. The fourth-order valence-electron chi connectivity index (χ4n) is 1.72. The van der Waals surface area contributed by atoms with Gasteiger partial charge in [-0.15, -0.1) is 0 Å². The Balaban J connectivity index is 2.55. The van der Waals surface area contributed by atoms with Crippen LogP contribution in [-0.4, -0.2) is 12.1 Å². The molecule has 0 aliphatic carbocycles. The zero-order valence-corrected chi connectivity index (χ0v) is 11.2. The predicted molar refractivity (Wildman–Crippen MR) is 72.2 cm³/mol. The van der Waals surface area contributed by atoms with Crippen molar-refractivity contribution in [3.8, 4) is 11.8 Å². The van der Waals surface area contributed by atoms with Gasteiger partial charge in [0.25, 0.3) is 0 Å². The zero-order chi connectivity index (χ0) is 13.1. The van der Waals surface area contributed by atoms with Gasteiger partial charge in [-0.3, -0.25) is 0 Å². The number of fused-ring (bicyclic) bond motifs is 1. The molecule has 0 radical (unpaired) electrons. The van der Waals surface area contributed by atoms with Crippen molar-refractivity contribution in [1.29, 1.82) is 5.26 Å². The Morgan fingerprint density at radius 2 is 2.11 bits per heavy atom. The van der Waals surface area contributed by atoms with Crippen LogP contribution in [0.5, 0.6) is 5.75 Å². The van der Waals surface area contributed by atoms with Crippen molar-refractivity contribution in [2.24, 2.45) is 0 Å². The van der Waals surface area contributed by atoms with Crippen LogP contribution in [0.25, 0.3) is 10.9 Å². The molecule has 0 amide bonds. The minimum atomic E-state index is 0.414. The third-order valence-electron chi connectivity index (χ3n) is 2.62. The third-order valence-corrected chi connectivity index (χ3v) is 3.24. The number of ether oxygens (including phenoxy) is 1. The molecule has 0 bridgehead atoms. The molecular weight excluding hydrogens is 271 g/mol. The number of nitriles is 1. The van der Waals surface area contributed by atoms with Gasteiger partial charge in [-0.1, -0.05) is 23.2 Å². The van der Waals surface area contributed by atoms with E-state index in [0.29, 0.717) is 34.3 Å². The van der Waals surface area contributed by atoms with Crippen molar-refractivity contribution in [3.05, 3.63) is 33.9 Å². The van der Waals surface area contributed by atoms with Crippen LogP contribution in [0.2, 0.25) is 10.2 Å². The molecule has 0 saturated carbocycles. The highest BCUT2D eigenvalue weighted by atomic mass is 35.5. The molecule has 0 fully saturated rings. The highest BCUT2D eigenvalue weighted by Crippen LogP contribution is 2.31. The lowest BCUT2D eigenvalue weighted by molar-refractivity contribution is 0.415. The SMILES string of the molecule is COc1cc2cc(CCC#N)c(Cl)nc2cc1Cl. The summed E-state index contributed by atoms with van der Waals surface area (Å²) in [4.78, 5) is 4.28. The monoisotopic (exact) mass is 280 g/mol. The molecule has 0 N–H and O–H groups in total. The Morgan fingerprint density at radius 3 is 2.78 bits per heavy atom. The summed E-state index contributed by atoms with van der Waals surface area (Å²) >= 11 is 12.1. The second kappa shape index (κ2) is 5.43. The van der Waals surface area contributed by atoms with Gasteiger partial charge in [0, 0.05) is 11.8 Å². The normalized spacial score (nSPS) is 10.3. The first-order valence-electron chi connectivity index (χ1n) is 5.35. The minimum Gasteiger partial charge on any atom is -0.495 e. The number of pyridine rings is 1. The molecule has 2 rings (SSSR count). The molecule has 18 heavy (non-hydrogen) atoms. The average Bonchev–Trinajstić information content (AvgIpc) is 2.36. The predicted octanol–water partition coefficient (Wildman–Crippen LogP) is 4.01.